The maximum absolute atomic E-state index is 13.1. The van der Waals surface area contributed by atoms with Crippen LogP contribution in [0.3, 0.4) is 0 Å². The largest absolute Gasteiger partial charge is 0.493 e. The summed E-state index contributed by atoms with van der Waals surface area (Å²) >= 11 is 0. The van der Waals surface area contributed by atoms with Crippen LogP contribution < -0.4 is 15.4 Å². The van der Waals surface area contributed by atoms with Gasteiger partial charge in [0.25, 0.3) is 0 Å². The fourth-order valence-electron chi connectivity index (χ4n) is 3.93. The predicted molar refractivity (Wildman–Crippen MR) is 102 cm³/mol. The first-order valence-corrected chi connectivity index (χ1v) is 9.00. The first-order valence-electron chi connectivity index (χ1n) is 9.00. The molecule has 2 aliphatic heterocycles. The number of nitrogens with one attached hydrogen (secondary N) is 2. The van der Waals surface area contributed by atoms with Gasteiger partial charge < -0.3 is 15.4 Å². The Bertz CT molecular complexity index is 729. The summed E-state index contributed by atoms with van der Waals surface area (Å²) in [4.78, 5) is 13.1. The second kappa shape index (κ2) is 8.10. The fourth-order valence-corrected chi connectivity index (χ4v) is 3.93. The molecule has 1 atom stereocenters. The summed E-state index contributed by atoms with van der Waals surface area (Å²) in [5.74, 6) is 1.31. The smallest absolute Gasteiger partial charge is 0.248 e. The minimum absolute atomic E-state index is 0. The van der Waals surface area contributed by atoms with Gasteiger partial charge in [-0.25, -0.2) is 0 Å². The van der Waals surface area contributed by atoms with Crippen molar-refractivity contribution in [3.63, 3.8) is 0 Å². The summed E-state index contributed by atoms with van der Waals surface area (Å²) in [6.45, 7) is 2.99. The number of piperidine rings is 1. The number of amides is 1. The number of ether oxygens (including phenoxy) is 1. The highest BCUT2D eigenvalue weighted by Gasteiger charge is 2.42. The minimum atomic E-state index is -0.584. The molecule has 3 heterocycles. The van der Waals surface area contributed by atoms with E-state index in [0.717, 1.165) is 38.1 Å². The molecule has 1 aromatic heterocycles. The molecule has 6 nitrogen and oxygen atoms in total. The molecule has 0 spiro atoms. The zero-order valence-corrected chi connectivity index (χ0v) is 15.5. The number of carbonyl (C=O) groups excluding carboxylic acids is 1. The van der Waals surface area contributed by atoms with Crippen LogP contribution in [0.25, 0.3) is 0 Å². The molecule has 1 amide bonds. The van der Waals surface area contributed by atoms with E-state index in [0.29, 0.717) is 19.1 Å². The molecule has 1 fully saturated rings. The molecule has 1 aromatic carbocycles. The Hall–Kier alpha value is -2.05. The summed E-state index contributed by atoms with van der Waals surface area (Å²) in [5.41, 5.74) is 0.604. The zero-order chi connectivity index (χ0) is 17.1. The monoisotopic (exact) mass is 376 g/mol. The van der Waals surface area contributed by atoms with Gasteiger partial charge in [0.05, 0.1) is 6.61 Å². The molecule has 2 aromatic rings. The summed E-state index contributed by atoms with van der Waals surface area (Å²) in [6, 6.07) is 9.99. The van der Waals surface area contributed by atoms with Crippen molar-refractivity contribution in [3.8, 4) is 5.75 Å². The third-order valence-electron chi connectivity index (χ3n) is 5.39. The normalized spacial score (nSPS) is 21.0. The van der Waals surface area contributed by atoms with E-state index >= 15 is 0 Å². The molecule has 2 aliphatic rings. The Morgan fingerprint density at radius 3 is 2.88 bits per heavy atom. The number of para-hydroxylation sites is 1. The molecule has 0 radical (unpaired) electrons. The van der Waals surface area contributed by atoms with Gasteiger partial charge in [-0.15, -0.1) is 12.4 Å². The van der Waals surface area contributed by atoms with Crippen LogP contribution >= 0.6 is 12.4 Å². The Morgan fingerprint density at radius 2 is 2.12 bits per heavy atom. The average Bonchev–Trinajstić information content (AvgIpc) is 3.22. The Balaban J connectivity index is 0.00000196. The first-order chi connectivity index (χ1) is 12.3. The van der Waals surface area contributed by atoms with Gasteiger partial charge in [0.1, 0.15) is 11.3 Å². The third kappa shape index (κ3) is 3.44. The van der Waals surface area contributed by atoms with Gasteiger partial charge in [0.2, 0.25) is 5.91 Å². The highest BCUT2D eigenvalue weighted by Crippen LogP contribution is 2.33. The number of aromatic nitrogens is 2. The highest BCUT2D eigenvalue weighted by molar-refractivity contribution is 5.85. The van der Waals surface area contributed by atoms with E-state index < -0.39 is 5.54 Å². The van der Waals surface area contributed by atoms with E-state index in [1.165, 1.54) is 5.56 Å². The lowest BCUT2D eigenvalue weighted by atomic mass is 9.86. The summed E-state index contributed by atoms with van der Waals surface area (Å²) in [7, 11) is 0. The third-order valence-corrected chi connectivity index (χ3v) is 5.39. The van der Waals surface area contributed by atoms with E-state index in [1.54, 1.807) is 6.20 Å². The maximum atomic E-state index is 13.1. The van der Waals surface area contributed by atoms with E-state index in [4.69, 9.17) is 4.74 Å². The molecule has 0 bridgehead atoms. The van der Waals surface area contributed by atoms with Gasteiger partial charge in [-0.05, 0) is 50.0 Å². The van der Waals surface area contributed by atoms with Gasteiger partial charge in [-0.3, -0.25) is 9.48 Å². The van der Waals surface area contributed by atoms with Gasteiger partial charge in [-0.1, -0.05) is 18.2 Å². The molecular weight excluding hydrogens is 352 g/mol. The lowest BCUT2D eigenvalue weighted by molar-refractivity contribution is -0.132. The van der Waals surface area contributed by atoms with Crippen LogP contribution in [0.15, 0.2) is 42.7 Å². The van der Waals surface area contributed by atoms with Crippen LogP contribution in [-0.4, -0.2) is 41.9 Å². The molecule has 1 saturated heterocycles. The Morgan fingerprint density at radius 1 is 1.31 bits per heavy atom. The van der Waals surface area contributed by atoms with Gasteiger partial charge in [0, 0.05) is 24.9 Å². The zero-order valence-electron chi connectivity index (χ0n) is 14.7. The number of carbonyl (C=O) groups is 1. The molecule has 26 heavy (non-hydrogen) atoms. The molecule has 140 valence electrons. The average molecular weight is 377 g/mol. The van der Waals surface area contributed by atoms with Crippen molar-refractivity contribution < 1.29 is 9.53 Å². The van der Waals surface area contributed by atoms with Crippen molar-refractivity contribution in [2.24, 2.45) is 0 Å². The van der Waals surface area contributed by atoms with E-state index in [9.17, 15) is 4.79 Å². The van der Waals surface area contributed by atoms with Crippen LogP contribution in [0.5, 0.6) is 5.75 Å². The molecule has 2 N–H and O–H groups in total. The van der Waals surface area contributed by atoms with Gasteiger partial charge in [-0.2, -0.15) is 5.10 Å². The Kier molecular flexibility index (Phi) is 5.84. The number of hydrogen-bond acceptors (Lipinski definition) is 4. The van der Waals surface area contributed by atoms with Gasteiger partial charge in [0.15, 0.2) is 0 Å². The maximum Gasteiger partial charge on any atom is 0.248 e. The quantitative estimate of drug-likeness (QED) is 0.857. The minimum Gasteiger partial charge on any atom is -0.493 e. The number of benzene rings is 1. The number of fused-ring (bicyclic) bond motifs is 1. The van der Waals surface area contributed by atoms with Crippen molar-refractivity contribution in [3.05, 3.63) is 48.3 Å². The number of rotatable bonds is 4. The molecule has 0 saturated carbocycles. The van der Waals surface area contributed by atoms with Crippen molar-refractivity contribution in [1.29, 1.82) is 0 Å². The lowest BCUT2D eigenvalue weighted by Crippen LogP contribution is -2.55. The van der Waals surface area contributed by atoms with Crippen molar-refractivity contribution in [1.82, 2.24) is 20.4 Å². The molecular formula is C19H25ClN4O2. The molecule has 0 aliphatic carbocycles. The SMILES string of the molecule is Cl.O=C(NCC1CCOc2ccccc21)C1(n2cccn2)CCNCC1. The van der Waals surface area contributed by atoms with E-state index in [1.807, 2.05) is 35.1 Å². The second-order valence-corrected chi connectivity index (χ2v) is 6.81. The highest BCUT2D eigenvalue weighted by atomic mass is 35.5. The predicted octanol–water partition coefficient (Wildman–Crippen LogP) is 2.07. The Labute approximate surface area is 159 Å². The number of hydrogen-bond donors (Lipinski definition) is 2. The standard InChI is InChI=1S/C19H24N4O2.ClH/c24-18(19(7-10-20-11-8-19)23-12-3-9-22-23)21-14-15-6-13-25-17-5-2-1-4-16(15)17;/h1-5,9,12,15,20H,6-8,10-11,13-14H2,(H,21,24);1H. The molecule has 7 heteroatoms. The van der Waals surface area contributed by atoms with Crippen LogP contribution in [0.4, 0.5) is 0 Å². The molecule has 4 rings (SSSR count). The van der Waals surface area contributed by atoms with E-state index in [2.05, 4.69) is 21.8 Å². The van der Waals surface area contributed by atoms with Crippen molar-refractivity contribution in [2.45, 2.75) is 30.7 Å². The summed E-state index contributed by atoms with van der Waals surface area (Å²) < 4.78 is 7.55. The van der Waals surface area contributed by atoms with Crippen LogP contribution in [-0.2, 0) is 10.3 Å². The first kappa shape index (κ1) is 18.7. The topological polar surface area (TPSA) is 68.2 Å². The number of nitrogens with zero attached hydrogens (tertiary/aromatic N) is 2. The summed E-state index contributed by atoms with van der Waals surface area (Å²) in [6.07, 6.45) is 6.07. The van der Waals surface area contributed by atoms with Crippen molar-refractivity contribution >= 4 is 18.3 Å². The van der Waals surface area contributed by atoms with Crippen LogP contribution in [0, 0.1) is 0 Å². The summed E-state index contributed by atoms with van der Waals surface area (Å²) in [5, 5.41) is 10.9. The molecule has 1 unspecified atom stereocenters. The van der Waals surface area contributed by atoms with Crippen molar-refractivity contribution in [2.75, 3.05) is 26.2 Å². The number of halogens is 1. The van der Waals surface area contributed by atoms with E-state index in [-0.39, 0.29) is 18.3 Å². The van der Waals surface area contributed by atoms with Gasteiger partial charge >= 0.3 is 0 Å². The fraction of sp³-hybridized carbons (Fsp3) is 0.474. The van der Waals surface area contributed by atoms with Crippen LogP contribution in [0.2, 0.25) is 0 Å². The second-order valence-electron chi connectivity index (χ2n) is 6.81. The van der Waals surface area contributed by atoms with Crippen LogP contribution in [0.1, 0.15) is 30.7 Å². The lowest BCUT2D eigenvalue weighted by Gasteiger charge is -2.37.